The van der Waals surface area contributed by atoms with Gasteiger partial charge in [-0.25, -0.2) is 0 Å². The molecule has 1 fully saturated rings. The van der Waals surface area contributed by atoms with Crippen LogP contribution in [0.1, 0.15) is 27.2 Å². The highest BCUT2D eigenvalue weighted by Gasteiger charge is 2.38. The molecule has 0 radical (unpaired) electrons. The van der Waals surface area contributed by atoms with Crippen molar-refractivity contribution in [2.45, 2.75) is 39.3 Å². The topological polar surface area (TPSA) is 43.8 Å². The molecule has 0 saturated carbocycles. The zero-order valence-corrected chi connectivity index (χ0v) is 11.0. The quantitative estimate of drug-likeness (QED) is 0.786. The van der Waals surface area contributed by atoms with Gasteiger partial charge in [-0.05, 0) is 25.9 Å². The highest BCUT2D eigenvalue weighted by atomic mass is 16.4. The van der Waals surface area contributed by atoms with Crippen molar-refractivity contribution in [2.24, 2.45) is 5.41 Å². The van der Waals surface area contributed by atoms with Gasteiger partial charge in [0.05, 0.1) is 0 Å². The van der Waals surface area contributed by atoms with Crippen LogP contribution in [0, 0.1) is 5.41 Å². The Hall–Kier alpha value is -0.610. The maximum Gasteiger partial charge on any atom is 0.320 e. The van der Waals surface area contributed by atoms with Crippen LogP contribution in [-0.2, 0) is 4.79 Å². The van der Waals surface area contributed by atoms with Crippen LogP contribution in [0.25, 0.3) is 0 Å². The first-order chi connectivity index (χ1) is 7.20. The van der Waals surface area contributed by atoms with Crippen LogP contribution in [0.2, 0.25) is 0 Å². The van der Waals surface area contributed by atoms with Gasteiger partial charge in [-0.15, -0.1) is 0 Å². The van der Waals surface area contributed by atoms with Crippen molar-refractivity contribution < 1.29 is 9.90 Å². The van der Waals surface area contributed by atoms with Crippen LogP contribution in [-0.4, -0.2) is 60.1 Å². The number of likely N-dealkylation sites (tertiary alicyclic amines) is 1. The molecule has 94 valence electrons. The fourth-order valence-electron chi connectivity index (χ4n) is 2.29. The minimum atomic E-state index is -0.686. The van der Waals surface area contributed by atoms with Crippen LogP contribution in [0.4, 0.5) is 0 Å². The van der Waals surface area contributed by atoms with Gasteiger partial charge in [-0.2, -0.15) is 0 Å². The van der Waals surface area contributed by atoms with Crippen molar-refractivity contribution in [3.05, 3.63) is 0 Å². The van der Waals surface area contributed by atoms with E-state index >= 15 is 0 Å². The first-order valence-electron chi connectivity index (χ1n) is 5.84. The number of aliphatic carboxylic acids is 1. The lowest BCUT2D eigenvalue weighted by atomic mass is 9.96. The van der Waals surface area contributed by atoms with Gasteiger partial charge < -0.3 is 10.0 Å². The average molecular weight is 228 g/mol. The van der Waals surface area contributed by atoms with Gasteiger partial charge in [0.25, 0.3) is 0 Å². The van der Waals surface area contributed by atoms with Crippen molar-refractivity contribution in [3.8, 4) is 0 Å². The average Bonchev–Trinajstić information content (AvgIpc) is 2.44. The van der Waals surface area contributed by atoms with Crippen molar-refractivity contribution >= 4 is 5.97 Å². The zero-order valence-electron chi connectivity index (χ0n) is 11.0. The molecule has 0 spiro atoms. The SMILES string of the molecule is CN(C)[C@@H]1C[C@@H](C(=O)O)N(CC(C)(C)C)C1. The fourth-order valence-corrected chi connectivity index (χ4v) is 2.29. The first-order valence-corrected chi connectivity index (χ1v) is 5.84. The van der Waals surface area contributed by atoms with Gasteiger partial charge >= 0.3 is 5.97 Å². The summed E-state index contributed by atoms with van der Waals surface area (Å²) in [5.74, 6) is -0.686. The number of rotatable bonds is 3. The van der Waals surface area contributed by atoms with Crippen LogP contribution in [0.3, 0.4) is 0 Å². The number of hydrogen-bond acceptors (Lipinski definition) is 3. The third-order valence-corrected chi connectivity index (χ3v) is 3.07. The van der Waals surface area contributed by atoms with Crippen molar-refractivity contribution in [1.82, 2.24) is 9.80 Å². The van der Waals surface area contributed by atoms with E-state index in [0.29, 0.717) is 6.04 Å². The number of carboxylic acids is 1. The molecule has 0 amide bonds. The van der Waals surface area contributed by atoms with Crippen LogP contribution < -0.4 is 0 Å². The monoisotopic (exact) mass is 228 g/mol. The predicted octanol–water partition coefficient (Wildman–Crippen LogP) is 1.12. The molecule has 4 heteroatoms. The molecule has 1 saturated heterocycles. The molecule has 0 aromatic heterocycles. The molecule has 16 heavy (non-hydrogen) atoms. The molecule has 1 heterocycles. The van der Waals surface area contributed by atoms with E-state index in [1.807, 2.05) is 14.1 Å². The van der Waals surface area contributed by atoms with Gasteiger partial charge in [0, 0.05) is 19.1 Å². The van der Waals surface area contributed by atoms with E-state index < -0.39 is 5.97 Å². The Bertz CT molecular complexity index is 258. The predicted molar refractivity (Wildman–Crippen MR) is 64.5 cm³/mol. The summed E-state index contributed by atoms with van der Waals surface area (Å²) in [6, 6.07) is 0.0510. The van der Waals surface area contributed by atoms with Gasteiger partial charge in [-0.3, -0.25) is 9.69 Å². The molecule has 0 bridgehead atoms. The summed E-state index contributed by atoms with van der Waals surface area (Å²) in [4.78, 5) is 15.4. The normalized spacial score (nSPS) is 27.6. The maximum absolute atomic E-state index is 11.2. The molecule has 0 aromatic rings. The van der Waals surface area contributed by atoms with Crippen LogP contribution in [0.15, 0.2) is 0 Å². The molecule has 1 aliphatic heterocycles. The molecule has 4 nitrogen and oxygen atoms in total. The number of hydrogen-bond donors (Lipinski definition) is 1. The molecule has 2 atom stereocenters. The van der Waals surface area contributed by atoms with E-state index in [1.54, 1.807) is 0 Å². The van der Waals surface area contributed by atoms with Crippen molar-refractivity contribution in [1.29, 1.82) is 0 Å². The smallest absolute Gasteiger partial charge is 0.320 e. The van der Waals surface area contributed by atoms with Crippen molar-refractivity contribution in [2.75, 3.05) is 27.2 Å². The van der Waals surface area contributed by atoms with Gasteiger partial charge in [0.2, 0.25) is 0 Å². The molecule has 1 aliphatic rings. The third kappa shape index (κ3) is 3.46. The second kappa shape index (κ2) is 4.72. The summed E-state index contributed by atoms with van der Waals surface area (Å²) < 4.78 is 0. The highest BCUT2D eigenvalue weighted by Crippen LogP contribution is 2.25. The Morgan fingerprint density at radius 1 is 1.44 bits per heavy atom. The van der Waals surface area contributed by atoms with Crippen LogP contribution in [0.5, 0.6) is 0 Å². The van der Waals surface area contributed by atoms with E-state index in [9.17, 15) is 9.90 Å². The minimum absolute atomic E-state index is 0.148. The number of carboxylic acid groups (broad SMARTS) is 1. The highest BCUT2D eigenvalue weighted by molar-refractivity contribution is 5.74. The van der Waals surface area contributed by atoms with E-state index in [0.717, 1.165) is 19.5 Å². The molecule has 1 N–H and O–H groups in total. The van der Waals surface area contributed by atoms with Gasteiger partial charge in [0.1, 0.15) is 6.04 Å². The van der Waals surface area contributed by atoms with Gasteiger partial charge in [0.15, 0.2) is 0 Å². The second-order valence-corrected chi connectivity index (χ2v) is 6.20. The molecule has 1 rings (SSSR count). The van der Waals surface area contributed by atoms with Crippen molar-refractivity contribution in [3.63, 3.8) is 0 Å². The Labute approximate surface area is 98.2 Å². The maximum atomic E-state index is 11.2. The number of carbonyl (C=O) groups is 1. The lowest BCUT2D eigenvalue weighted by Gasteiger charge is -2.29. The zero-order chi connectivity index (χ0) is 12.5. The Kier molecular flexibility index (Phi) is 3.97. The third-order valence-electron chi connectivity index (χ3n) is 3.07. The Morgan fingerprint density at radius 2 is 2.00 bits per heavy atom. The van der Waals surface area contributed by atoms with E-state index in [2.05, 4.69) is 30.6 Å². The summed E-state index contributed by atoms with van der Waals surface area (Å²) >= 11 is 0. The summed E-state index contributed by atoms with van der Waals surface area (Å²) in [5.41, 5.74) is 0.148. The summed E-state index contributed by atoms with van der Waals surface area (Å²) in [6.07, 6.45) is 0.735. The number of likely N-dealkylation sites (N-methyl/N-ethyl adjacent to an activating group) is 1. The minimum Gasteiger partial charge on any atom is -0.480 e. The van der Waals surface area contributed by atoms with E-state index in [4.69, 9.17) is 0 Å². The standard InChI is InChI=1S/C12H24N2O2/c1-12(2,3)8-14-7-9(13(4)5)6-10(14)11(15)16/h9-10H,6-8H2,1-5H3,(H,15,16)/t9-,10+/m1/s1. The largest absolute Gasteiger partial charge is 0.480 e. The molecular formula is C12H24N2O2. The lowest BCUT2D eigenvalue weighted by molar-refractivity contribution is -0.142. The number of nitrogens with zero attached hydrogens (tertiary/aromatic N) is 2. The Balaban J connectivity index is 2.70. The molecular weight excluding hydrogens is 204 g/mol. The molecule has 0 aromatic carbocycles. The molecule has 0 unspecified atom stereocenters. The van der Waals surface area contributed by atoms with Gasteiger partial charge in [-0.1, -0.05) is 20.8 Å². The summed E-state index contributed by atoms with van der Waals surface area (Å²) in [6.45, 7) is 8.15. The summed E-state index contributed by atoms with van der Waals surface area (Å²) in [5, 5.41) is 9.22. The van der Waals surface area contributed by atoms with E-state index in [-0.39, 0.29) is 11.5 Å². The molecule has 0 aliphatic carbocycles. The first kappa shape index (κ1) is 13.5. The van der Waals surface area contributed by atoms with E-state index in [1.165, 1.54) is 0 Å². The second-order valence-electron chi connectivity index (χ2n) is 6.20. The fraction of sp³-hybridized carbons (Fsp3) is 0.917. The summed E-state index contributed by atoms with van der Waals surface area (Å²) in [7, 11) is 4.04. The Morgan fingerprint density at radius 3 is 2.38 bits per heavy atom. The lowest BCUT2D eigenvalue weighted by Crippen LogP contribution is -2.41. The van der Waals surface area contributed by atoms with Crippen LogP contribution >= 0.6 is 0 Å².